The van der Waals surface area contributed by atoms with Gasteiger partial charge in [-0.1, -0.05) is 30.3 Å². The van der Waals surface area contributed by atoms with E-state index in [1.807, 2.05) is 87.0 Å². The second-order valence-electron chi connectivity index (χ2n) is 6.86. The predicted octanol–water partition coefficient (Wildman–Crippen LogP) is 4.31. The highest BCUT2D eigenvalue weighted by Crippen LogP contribution is 2.20. The molecule has 0 spiro atoms. The van der Waals surface area contributed by atoms with Gasteiger partial charge >= 0.3 is 0 Å². The van der Waals surface area contributed by atoms with Crippen LogP contribution in [0.5, 0.6) is 5.75 Å². The Balaban J connectivity index is 1.68. The van der Waals surface area contributed by atoms with Crippen molar-refractivity contribution in [3.05, 3.63) is 77.1 Å². The van der Waals surface area contributed by atoms with Crippen molar-refractivity contribution in [3.8, 4) is 11.4 Å². The summed E-state index contributed by atoms with van der Waals surface area (Å²) in [5, 5.41) is 7.70. The first kappa shape index (κ1) is 19.7. The van der Waals surface area contributed by atoms with Crippen LogP contribution in [-0.4, -0.2) is 22.3 Å². The zero-order valence-corrected chi connectivity index (χ0v) is 16.9. The van der Waals surface area contributed by atoms with E-state index in [0.29, 0.717) is 13.0 Å². The number of rotatable bonds is 7. The van der Waals surface area contributed by atoms with E-state index in [2.05, 4.69) is 10.4 Å². The van der Waals surface area contributed by atoms with Crippen molar-refractivity contribution in [1.29, 1.82) is 0 Å². The number of hydrogen-bond donors (Lipinski definition) is 1. The van der Waals surface area contributed by atoms with E-state index in [1.54, 1.807) is 0 Å². The van der Waals surface area contributed by atoms with E-state index < -0.39 is 0 Å². The van der Waals surface area contributed by atoms with Gasteiger partial charge in [0, 0.05) is 11.3 Å². The van der Waals surface area contributed by atoms with Gasteiger partial charge < -0.3 is 10.1 Å². The van der Waals surface area contributed by atoms with Crippen molar-refractivity contribution >= 4 is 5.91 Å². The third kappa shape index (κ3) is 4.42. The van der Waals surface area contributed by atoms with E-state index >= 15 is 0 Å². The monoisotopic (exact) mass is 377 g/mol. The summed E-state index contributed by atoms with van der Waals surface area (Å²) in [6.45, 7) is 8.54. The lowest BCUT2D eigenvalue weighted by Crippen LogP contribution is -2.28. The highest BCUT2D eigenvalue weighted by molar-refractivity contribution is 5.79. The normalized spacial score (nSPS) is 11.9. The summed E-state index contributed by atoms with van der Waals surface area (Å²) in [5.41, 5.74) is 4.89. The van der Waals surface area contributed by atoms with E-state index in [4.69, 9.17) is 4.74 Å². The van der Waals surface area contributed by atoms with E-state index in [0.717, 1.165) is 34.0 Å². The number of aryl methyl sites for hydroxylation is 1. The van der Waals surface area contributed by atoms with Crippen LogP contribution in [0.15, 0.2) is 54.6 Å². The Labute approximate surface area is 166 Å². The van der Waals surface area contributed by atoms with Gasteiger partial charge in [-0.2, -0.15) is 5.10 Å². The summed E-state index contributed by atoms with van der Waals surface area (Å²) in [7, 11) is 0. The first-order valence-corrected chi connectivity index (χ1v) is 9.62. The van der Waals surface area contributed by atoms with Crippen LogP contribution < -0.4 is 10.1 Å². The van der Waals surface area contributed by atoms with Gasteiger partial charge in [0.05, 0.1) is 30.5 Å². The molecular weight excluding hydrogens is 350 g/mol. The van der Waals surface area contributed by atoms with Crippen LogP contribution in [0.3, 0.4) is 0 Å². The molecule has 1 unspecified atom stereocenters. The van der Waals surface area contributed by atoms with Crippen LogP contribution in [0.2, 0.25) is 0 Å². The van der Waals surface area contributed by atoms with E-state index in [-0.39, 0.29) is 11.9 Å². The molecule has 0 saturated heterocycles. The van der Waals surface area contributed by atoms with Gasteiger partial charge in [-0.15, -0.1) is 0 Å². The molecule has 0 fully saturated rings. The lowest BCUT2D eigenvalue weighted by Gasteiger charge is -2.15. The van der Waals surface area contributed by atoms with Gasteiger partial charge in [0.15, 0.2) is 0 Å². The molecule has 1 amide bonds. The largest absolute Gasteiger partial charge is 0.494 e. The molecule has 1 N–H and O–H groups in total. The molecule has 1 atom stereocenters. The average Bonchev–Trinajstić information content (AvgIpc) is 2.97. The van der Waals surface area contributed by atoms with Gasteiger partial charge in [-0.05, 0) is 57.5 Å². The number of hydrogen-bond acceptors (Lipinski definition) is 3. The highest BCUT2D eigenvalue weighted by atomic mass is 16.5. The van der Waals surface area contributed by atoms with Crippen LogP contribution in [0.4, 0.5) is 0 Å². The number of benzene rings is 2. The van der Waals surface area contributed by atoms with Gasteiger partial charge in [-0.3, -0.25) is 4.79 Å². The standard InChI is InChI=1S/C23H27N3O2/c1-5-28-21-13-11-19(12-14-21)16(2)24-23(27)15-22-17(3)25-26(18(22)4)20-9-7-6-8-10-20/h6-14,16H,5,15H2,1-4H3,(H,24,27). The number of aromatic nitrogens is 2. The van der Waals surface area contributed by atoms with Crippen molar-refractivity contribution in [1.82, 2.24) is 15.1 Å². The lowest BCUT2D eigenvalue weighted by atomic mass is 10.1. The first-order chi connectivity index (χ1) is 13.5. The first-order valence-electron chi connectivity index (χ1n) is 9.62. The minimum absolute atomic E-state index is 0.0137. The lowest BCUT2D eigenvalue weighted by molar-refractivity contribution is -0.121. The molecule has 0 bridgehead atoms. The number of ether oxygens (including phenoxy) is 1. The fourth-order valence-electron chi connectivity index (χ4n) is 3.31. The molecule has 0 radical (unpaired) electrons. The molecule has 5 heteroatoms. The SMILES string of the molecule is CCOc1ccc(C(C)NC(=O)Cc2c(C)nn(-c3ccccc3)c2C)cc1. The smallest absolute Gasteiger partial charge is 0.225 e. The number of carbonyl (C=O) groups is 1. The molecule has 2 aromatic carbocycles. The maximum atomic E-state index is 12.6. The Kier molecular flexibility index (Phi) is 6.14. The molecular formula is C23H27N3O2. The van der Waals surface area contributed by atoms with Gasteiger partial charge in [0.1, 0.15) is 5.75 Å². The highest BCUT2D eigenvalue weighted by Gasteiger charge is 2.17. The number of carbonyl (C=O) groups excluding carboxylic acids is 1. The van der Waals surface area contributed by atoms with Crippen molar-refractivity contribution in [2.24, 2.45) is 0 Å². The summed E-state index contributed by atoms with van der Waals surface area (Å²) in [6.07, 6.45) is 0.311. The summed E-state index contributed by atoms with van der Waals surface area (Å²) in [4.78, 5) is 12.6. The van der Waals surface area contributed by atoms with Gasteiger partial charge in [-0.25, -0.2) is 4.68 Å². The molecule has 3 aromatic rings. The number of nitrogens with one attached hydrogen (secondary N) is 1. The molecule has 1 heterocycles. The number of nitrogens with zero attached hydrogens (tertiary/aromatic N) is 2. The molecule has 0 aliphatic rings. The summed E-state index contributed by atoms with van der Waals surface area (Å²) in [6, 6.07) is 17.7. The van der Waals surface area contributed by atoms with Crippen molar-refractivity contribution in [2.75, 3.05) is 6.61 Å². The van der Waals surface area contributed by atoms with Crippen LogP contribution in [0.25, 0.3) is 5.69 Å². The minimum Gasteiger partial charge on any atom is -0.494 e. The Morgan fingerprint density at radius 2 is 1.79 bits per heavy atom. The molecule has 3 rings (SSSR count). The van der Waals surface area contributed by atoms with E-state index in [9.17, 15) is 4.79 Å². The van der Waals surface area contributed by atoms with Crippen molar-refractivity contribution in [2.45, 2.75) is 40.2 Å². The molecule has 0 saturated carbocycles. The topological polar surface area (TPSA) is 56.1 Å². The van der Waals surface area contributed by atoms with Crippen molar-refractivity contribution in [3.63, 3.8) is 0 Å². The molecule has 28 heavy (non-hydrogen) atoms. The summed E-state index contributed by atoms with van der Waals surface area (Å²) < 4.78 is 7.37. The van der Waals surface area contributed by atoms with Gasteiger partial charge in [0.25, 0.3) is 0 Å². The van der Waals surface area contributed by atoms with Crippen LogP contribution in [0, 0.1) is 13.8 Å². The number of para-hydroxylation sites is 1. The maximum Gasteiger partial charge on any atom is 0.225 e. The molecule has 0 aliphatic heterocycles. The van der Waals surface area contributed by atoms with Crippen LogP contribution >= 0.6 is 0 Å². The minimum atomic E-state index is -0.0760. The zero-order valence-electron chi connectivity index (χ0n) is 16.9. The molecule has 1 aromatic heterocycles. The Bertz CT molecular complexity index is 930. The predicted molar refractivity (Wildman–Crippen MR) is 111 cm³/mol. The molecule has 146 valence electrons. The quantitative estimate of drug-likeness (QED) is 0.668. The van der Waals surface area contributed by atoms with Crippen LogP contribution in [-0.2, 0) is 11.2 Å². The fraction of sp³-hybridized carbons (Fsp3) is 0.304. The van der Waals surface area contributed by atoms with Crippen molar-refractivity contribution < 1.29 is 9.53 Å². The Morgan fingerprint density at radius 1 is 1.11 bits per heavy atom. The zero-order chi connectivity index (χ0) is 20.1. The second kappa shape index (κ2) is 8.74. The second-order valence-corrected chi connectivity index (χ2v) is 6.86. The third-order valence-electron chi connectivity index (χ3n) is 4.85. The third-order valence-corrected chi connectivity index (χ3v) is 4.85. The fourth-order valence-corrected chi connectivity index (χ4v) is 3.31. The molecule has 0 aliphatic carbocycles. The Hall–Kier alpha value is -3.08. The maximum absolute atomic E-state index is 12.6. The number of amides is 1. The summed E-state index contributed by atoms with van der Waals surface area (Å²) in [5.74, 6) is 0.824. The summed E-state index contributed by atoms with van der Waals surface area (Å²) >= 11 is 0. The Morgan fingerprint density at radius 3 is 2.43 bits per heavy atom. The van der Waals surface area contributed by atoms with Crippen LogP contribution in [0.1, 0.15) is 42.4 Å². The average molecular weight is 377 g/mol. The molecule has 5 nitrogen and oxygen atoms in total. The van der Waals surface area contributed by atoms with Gasteiger partial charge in [0.2, 0.25) is 5.91 Å². The van der Waals surface area contributed by atoms with E-state index in [1.165, 1.54) is 0 Å².